The van der Waals surface area contributed by atoms with Crippen LogP contribution >= 0.6 is 0 Å². The van der Waals surface area contributed by atoms with E-state index >= 15 is 0 Å². The Balaban J connectivity index is 1.63. The number of halogens is 1. The van der Waals surface area contributed by atoms with E-state index in [0.29, 0.717) is 6.54 Å². The van der Waals surface area contributed by atoms with Crippen LogP contribution in [0, 0.1) is 5.82 Å². The van der Waals surface area contributed by atoms with Gasteiger partial charge in [-0.15, -0.1) is 0 Å². The number of carbonyl (C=O) groups is 1. The summed E-state index contributed by atoms with van der Waals surface area (Å²) in [5.74, 6) is 0.263. The molecule has 0 unspecified atom stereocenters. The summed E-state index contributed by atoms with van der Waals surface area (Å²) in [6, 6.07) is 11.1. The van der Waals surface area contributed by atoms with Crippen molar-refractivity contribution in [3.05, 3.63) is 59.5 Å². The number of anilines is 1. The first kappa shape index (κ1) is 20.8. The van der Waals surface area contributed by atoms with Gasteiger partial charge in [-0.3, -0.25) is 0 Å². The molecule has 2 aliphatic rings. The van der Waals surface area contributed by atoms with E-state index in [-0.39, 0.29) is 17.7 Å². The van der Waals surface area contributed by atoms with Gasteiger partial charge in [0.1, 0.15) is 11.6 Å². The van der Waals surface area contributed by atoms with Crippen molar-refractivity contribution in [3.63, 3.8) is 0 Å². The number of methoxy groups -OCH3 is 1. The van der Waals surface area contributed by atoms with Crippen LogP contribution < -0.4 is 10.1 Å². The maximum Gasteiger partial charge on any atom is 0.322 e. The summed E-state index contributed by atoms with van der Waals surface area (Å²) in [5.41, 5.74) is 2.97. The van der Waals surface area contributed by atoms with Gasteiger partial charge in [-0.25, -0.2) is 9.18 Å². The quantitative estimate of drug-likeness (QED) is 0.660. The number of hydrogen-bond donors (Lipinski definition) is 2. The molecule has 5 rings (SSSR count). The summed E-state index contributed by atoms with van der Waals surface area (Å²) in [7, 11) is 5.65. The molecule has 0 radical (unpaired) electrons. The van der Waals surface area contributed by atoms with Gasteiger partial charge in [0.05, 0.1) is 31.0 Å². The third kappa shape index (κ3) is 2.97. The van der Waals surface area contributed by atoms with Gasteiger partial charge in [-0.2, -0.15) is 0 Å². The number of aryl methyl sites for hydroxylation is 1. The Kier molecular flexibility index (Phi) is 4.87. The average Bonchev–Trinajstić information content (AvgIpc) is 3.07. The van der Waals surface area contributed by atoms with E-state index in [1.807, 2.05) is 19.2 Å². The molecule has 0 aliphatic carbocycles. The van der Waals surface area contributed by atoms with E-state index in [1.165, 1.54) is 17.7 Å². The smallest absolute Gasteiger partial charge is 0.322 e. The molecule has 1 fully saturated rings. The van der Waals surface area contributed by atoms with Gasteiger partial charge in [0.15, 0.2) is 0 Å². The first-order chi connectivity index (χ1) is 15.4. The largest absolute Gasteiger partial charge is 0.497 e. The monoisotopic (exact) mass is 438 g/mol. The molecule has 0 saturated carbocycles. The number of ether oxygens (including phenoxy) is 1. The lowest BCUT2D eigenvalue weighted by Crippen LogP contribution is -2.66. The molecular weight excluding hydrogens is 411 g/mol. The zero-order valence-electron chi connectivity index (χ0n) is 18.4. The Morgan fingerprint density at radius 2 is 1.97 bits per heavy atom. The van der Waals surface area contributed by atoms with Crippen LogP contribution in [0.3, 0.4) is 0 Å². The van der Waals surface area contributed by atoms with Crippen molar-refractivity contribution in [1.29, 1.82) is 0 Å². The third-order valence-corrected chi connectivity index (χ3v) is 6.84. The Morgan fingerprint density at radius 3 is 2.62 bits per heavy atom. The number of aliphatic hydroxyl groups excluding tert-OH is 1. The highest BCUT2D eigenvalue weighted by Gasteiger charge is 2.53. The number of para-hydroxylation sites is 1. The zero-order valence-corrected chi connectivity index (χ0v) is 18.4. The number of nitrogens with zero attached hydrogens (tertiary/aromatic N) is 3. The number of aliphatic hydroxyl groups is 1. The van der Waals surface area contributed by atoms with E-state index in [9.17, 15) is 14.3 Å². The molecule has 1 atom stereocenters. The van der Waals surface area contributed by atoms with Crippen molar-refractivity contribution < 1.29 is 19.0 Å². The topological polar surface area (TPSA) is 70.0 Å². The predicted molar refractivity (Wildman–Crippen MR) is 121 cm³/mol. The van der Waals surface area contributed by atoms with E-state index in [1.54, 1.807) is 24.1 Å². The Labute approximate surface area is 186 Å². The third-order valence-electron chi connectivity index (χ3n) is 6.84. The van der Waals surface area contributed by atoms with Crippen molar-refractivity contribution in [1.82, 2.24) is 14.4 Å². The van der Waals surface area contributed by atoms with E-state index in [4.69, 9.17) is 4.74 Å². The van der Waals surface area contributed by atoms with Gasteiger partial charge < -0.3 is 29.5 Å². The molecule has 3 heterocycles. The number of likely N-dealkylation sites (tertiary alicyclic amines) is 1. The minimum absolute atomic E-state index is 0.126. The number of rotatable bonds is 3. The second-order valence-corrected chi connectivity index (χ2v) is 8.89. The normalized spacial score (nSPS) is 19.7. The SMILES string of the molecule is COc1ccc2c3c(n(C)c2c1)[C@H](CO)N(C(=O)Nc1ccccc1F)CC31CN(C)C1. The van der Waals surface area contributed by atoms with Crippen molar-refractivity contribution >= 4 is 22.6 Å². The van der Waals surface area contributed by atoms with Crippen LogP contribution in [0.1, 0.15) is 17.3 Å². The second-order valence-electron chi connectivity index (χ2n) is 8.89. The molecule has 1 spiro atoms. The van der Waals surface area contributed by atoms with Crippen LogP contribution in [0.25, 0.3) is 10.9 Å². The fraction of sp³-hybridized carbons (Fsp3) is 0.375. The number of amides is 2. The molecule has 8 heteroatoms. The number of urea groups is 1. The summed E-state index contributed by atoms with van der Waals surface area (Å²) in [4.78, 5) is 17.2. The lowest BCUT2D eigenvalue weighted by atomic mass is 9.69. The predicted octanol–water partition coefficient (Wildman–Crippen LogP) is 3.09. The zero-order chi connectivity index (χ0) is 22.6. The van der Waals surface area contributed by atoms with Crippen LogP contribution in [0.2, 0.25) is 0 Å². The Morgan fingerprint density at radius 1 is 1.22 bits per heavy atom. The molecule has 2 aromatic carbocycles. The number of carbonyl (C=O) groups excluding carboxylic acids is 1. The molecule has 3 aromatic rings. The van der Waals surface area contributed by atoms with Gasteiger partial charge in [0.25, 0.3) is 0 Å². The molecule has 1 saturated heterocycles. The Bertz CT molecular complexity index is 1200. The minimum Gasteiger partial charge on any atom is -0.497 e. The highest BCUT2D eigenvalue weighted by molar-refractivity contribution is 5.93. The van der Waals surface area contributed by atoms with Crippen molar-refractivity contribution in [2.75, 3.05) is 45.7 Å². The molecule has 168 valence electrons. The Hall–Kier alpha value is -3.10. The summed E-state index contributed by atoms with van der Waals surface area (Å²) in [5, 5.41) is 14.2. The summed E-state index contributed by atoms with van der Waals surface area (Å²) in [6.07, 6.45) is 0. The molecule has 7 nitrogen and oxygen atoms in total. The maximum atomic E-state index is 14.2. The van der Waals surface area contributed by atoms with Crippen LogP contribution in [-0.2, 0) is 12.5 Å². The van der Waals surface area contributed by atoms with E-state index < -0.39 is 17.9 Å². The van der Waals surface area contributed by atoms with Gasteiger partial charge >= 0.3 is 6.03 Å². The first-order valence-electron chi connectivity index (χ1n) is 10.7. The molecule has 2 aliphatic heterocycles. The number of hydrogen-bond acceptors (Lipinski definition) is 4. The highest BCUT2D eigenvalue weighted by Crippen LogP contribution is 2.49. The number of likely N-dealkylation sites (N-methyl/N-ethyl adjacent to an activating group) is 1. The molecule has 1 aromatic heterocycles. The minimum atomic E-state index is -0.545. The maximum absolute atomic E-state index is 14.2. The van der Waals surface area contributed by atoms with E-state index in [0.717, 1.165) is 35.4 Å². The van der Waals surface area contributed by atoms with Crippen LogP contribution in [0.15, 0.2) is 42.5 Å². The molecule has 0 bridgehead atoms. The average molecular weight is 439 g/mol. The van der Waals surface area contributed by atoms with Crippen LogP contribution in [-0.4, -0.2) is 65.9 Å². The molecular formula is C24H27FN4O3. The fourth-order valence-electron chi connectivity index (χ4n) is 5.57. The number of nitrogens with one attached hydrogen (secondary N) is 1. The number of fused-ring (bicyclic) bond motifs is 4. The van der Waals surface area contributed by atoms with Crippen molar-refractivity contribution in [2.45, 2.75) is 11.5 Å². The molecule has 2 N–H and O–H groups in total. The van der Waals surface area contributed by atoms with Gasteiger partial charge in [-0.05, 0) is 36.9 Å². The number of benzene rings is 2. The van der Waals surface area contributed by atoms with Crippen molar-refractivity contribution in [2.24, 2.45) is 7.05 Å². The summed E-state index contributed by atoms with van der Waals surface area (Å²) >= 11 is 0. The van der Waals surface area contributed by atoms with Gasteiger partial charge in [0, 0.05) is 49.2 Å². The van der Waals surface area contributed by atoms with Gasteiger partial charge in [0.2, 0.25) is 0 Å². The van der Waals surface area contributed by atoms with Crippen LogP contribution in [0.5, 0.6) is 5.75 Å². The lowest BCUT2D eigenvalue weighted by Gasteiger charge is -2.55. The summed E-state index contributed by atoms with van der Waals surface area (Å²) in [6.45, 7) is 1.81. The van der Waals surface area contributed by atoms with Gasteiger partial charge in [-0.1, -0.05) is 12.1 Å². The van der Waals surface area contributed by atoms with Crippen LogP contribution in [0.4, 0.5) is 14.9 Å². The first-order valence-corrected chi connectivity index (χ1v) is 10.7. The molecule has 2 amide bonds. The van der Waals surface area contributed by atoms with Crippen molar-refractivity contribution in [3.8, 4) is 5.75 Å². The second kappa shape index (κ2) is 7.50. The molecule has 32 heavy (non-hydrogen) atoms. The standard InChI is InChI=1S/C24H27FN4O3/c1-27-12-24(13-27)14-29(23(31)26-18-7-5-4-6-17(18)25)20(11-30)22-21(24)16-9-8-15(32-3)10-19(16)28(22)2/h4-10,20,30H,11-14H2,1-3H3,(H,26,31)/t20-/m0/s1. The lowest BCUT2D eigenvalue weighted by molar-refractivity contribution is 0.0274. The number of aromatic nitrogens is 1. The van der Waals surface area contributed by atoms with E-state index in [2.05, 4.69) is 27.9 Å². The highest BCUT2D eigenvalue weighted by atomic mass is 19.1. The fourth-order valence-corrected chi connectivity index (χ4v) is 5.57. The summed E-state index contributed by atoms with van der Waals surface area (Å²) < 4.78 is 21.7.